The summed E-state index contributed by atoms with van der Waals surface area (Å²) < 4.78 is 0.766. The van der Waals surface area contributed by atoms with E-state index in [2.05, 4.69) is 21.2 Å². The number of nitrogens with zero attached hydrogens (tertiary/aromatic N) is 1. The smallest absolute Gasteiger partial charge is 0.270 e. The summed E-state index contributed by atoms with van der Waals surface area (Å²) in [4.78, 5) is 10.5. The van der Waals surface area contributed by atoms with Crippen molar-refractivity contribution in [2.75, 3.05) is 6.54 Å². The molecule has 0 aliphatic heterocycles. The molecule has 0 amide bonds. The van der Waals surface area contributed by atoms with Crippen LogP contribution in [0.4, 0.5) is 5.69 Å². The molecule has 0 unspecified atom stereocenters. The first-order valence-corrected chi connectivity index (χ1v) is 7.53. The summed E-state index contributed by atoms with van der Waals surface area (Å²) >= 11 is 3.33. The second-order valence-corrected chi connectivity index (χ2v) is 6.73. The SMILES string of the molecule is O=[N+]([O-])c1cc(Br)cc(CNCC2(C3CC3)CC2)c1. The fraction of sp³-hybridized carbons (Fsp3) is 0.571. The van der Waals surface area contributed by atoms with Crippen LogP contribution in [0.1, 0.15) is 31.2 Å². The van der Waals surface area contributed by atoms with E-state index in [4.69, 9.17) is 0 Å². The predicted octanol–water partition coefficient (Wildman–Crippen LogP) is 3.64. The Balaban J connectivity index is 1.59. The lowest BCUT2D eigenvalue weighted by Crippen LogP contribution is -2.25. The minimum atomic E-state index is -0.346. The third-order valence-electron chi connectivity index (χ3n) is 4.29. The summed E-state index contributed by atoms with van der Waals surface area (Å²) in [5, 5.41) is 14.3. The second kappa shape index (κ2) is 4.87. The Morgan fingerprint density at radius 2 is 2.11 bits per heavy atom. The number of nitro groups is 1. The molecular weight excluding hydrogens is 308 g/mol. The third-order valence-corrected chi connectivity index (χ3v) is 4.75. The lowest BCUT2D eigenvalue weighted by Gasteiger charge is -2.15. The topological polar surface area (TPSA) is 55.2 Å². The molecule has 0 heterocycles. The van der Waals surface area contributed by atoms with E-state index in [1.165, 1.54) is 31.7 Å². The van der Waals surface area contributed by atoms with Gasteiger partial charge in [-0.2, -0.15) is 0 Å². The number of nitro benzene ring substituents is 1. The van der Waals surface area contributed by atoms with E-state index in [0.29, 0.717) is 12.0 Å². The maximum atomic E-state index is 10.8. The van der Waals surface area contributed by atoms with E-state index < -0.39 is 0 Å². The first-order chi connectivity index (χ1) is 9.09. The van der Waals surface area contributed by atoms with Gasteiger partial charge in [0.15, 0.2) is 0 Å². The minimum Gasteiger partial charge on any atom is -0.312 e. The summed E-state index contributed by atoms with van der Waals surface area (Å²) in [6, 6.07) is 5.13. The lowest BCUT2D eigenvalue weighted by molar-refractivity contribution is -0.385. The van der Waals surface area contributed by atoms with Gasteiger partial charge >= 0.3 is 0 Å². The van der Waals surface area contributed by atoms with E-state index >= 15 is 0 Å². The molecule has 1 N–H and O–H groups in total. The van der Waals surface area contributed by atoms with Crippen LogP contribution in [0.25, 0.3) is 0 Å². The van der Waals surface area contributed by atoms with Gasteiger partial charge in [-0.05, 0) is 48.6 Å². The number of rotatable bonds is 6. The summed E-state index contributed by atoms with van der Waals surface area (Å²) in [5.74, 6) is 0.942. The Labute approximate surface area is 120 Å². The Morgan fingerprint density at radius 3 is 2.68 bits per heavy atom. The minimum absolute atomic E-state index is 0.148. The third kappa shape index (κ3) is 2.98. The van der Waals surface area contributed by atoms with E-state index in [1.54, 1.807) is 6.07 Å². The number of non-ortho nitro benzene ring substituents is 1. The van der Waals surface area contributed by atoms with Crippen LogP contribution in [-0.4, -0.2) is 11.5 Å². The zero-order valence-corrected chi connectivity index (χ0v) is 12.3. The Bertz CT molecular complexity index is 510. The van der Waals surface area contributed by atoms with E-state index in [0.717, 1.165) is 22.5 Å². The standard InChI is InChI=1S/C14H17BrN2O2/c15-12-5-10(6-13(7-12)17(18)19)8-16-9-14(3-4-14)11-1-2-11/h5-7,11,16H,1-4,8-9H2. The Morgan fingerprint density at radius 1 is 1.37 bits per heavy atom. The van der Waals surface area contributed by atoms with Gasteiger partial charge in [-0.1, -0.05) is 15.9 Å². The van der Waals surface area contributed by atoms with Crippen molar-refractivity contribution in [1.29, 1.82) is 0 Å². The van der Waals surface area contributed by atoms with Gasteiger partial charge in [-0.15, -0.1) is 0 Å². The van der Waals surface area contributed by atoms with Gasteiger partial charge in [0.25, 0.3) is 5.69 Å². The molecule has 1 aromatic carbocycles. The molecule has 2 aliphatic carbocycles. The van der Waals surface area contributed by atoms with E-state index in [9.17, 15) is 10.1 Å². The highest BCUT2D eigenvalue weighted by molar-refractivity contribution is 9.10. The molecule has 0 aromatic heterocycles. The fourth-order valence-corrected chi connectivity index (χ4v) is 3.41. The van der Waals surface area contributed by atoms with Crippen molar-refractivity contribution in [3.63, 3.8) is 0 Å². The quantitative estimate of drug-likeness (QED) is 0.642. The first kappa shape index (κ1) is 13.1. The van der Waals surface area contributed by atoms with Crippen LogP contribution < -0.4 is 5.32 Å². The fourth-order valence-electron chi connectivity index (χ4n) is 2.88. The van der Waals surface area contributed by atoms with Gasteiger partial charge < -0.3 is 5.32 Å². The first-order valence-electron chi connectivity index (χ1n) is 6.74. The van der Waals surface area contributed by atoms with Crippen molar-refractivity contribution in [2.24, 2.45) is 11.3 Å². The summed E-state index contributed by atoms with van der Waals surface area (Å²) in [5.41, 5.74) is 1.68. The molecule has 3 rings (SSSR count). The predicted molar refractivity (Wildman–Crippen MR) is 76.9 cm³/mol. The summed E-state index contributed by atoms with van der Waals surface area (Å²) in [6.45, 7) is 1.76. The Kier molecular flexibility index (Phi) is 3.35. The number of hydrogen-bond donors (Lipinski definition) is 1. The van der Waals surface area contributed by atoms with Gasteiger partial charge in [0, 0.05) is 29.7 Å². The molecular formula is C14H17BrN2O2. The van der Waals surface area contributed by atoms with Crippen LogP contribution >= 0.6 is 15.9 Å². The maximum Gasteiger partial charge on any atom is 0.270 e. The van der Waals surface area contributed by atoms with Crippen LogP contribution in [0.3, 0.4) is 0 Å². The maximum absolute atomic E-state index is 10.8. The van der Waals surface area contributed by atoms with Crippen molar-refractivity contribution in [3.8, 4) is 0 Å². The van der Waals surface area contributed by atoms with Crippen molar-refractivity contribution in [2.45, 2.75) is 32.2 Å². The molecule has 1 aromatic rings. The van der Waals surface area contributed by atoms with Crippen LogP contribution in [0.15, 0.2) is 22.7 Å². The zero-order valence-electron chi connectivity index (χ0n) is 10.7. The molecule has 0 radical (unpaired) electrons. The average molecular weight is 325 g/mol. The van der Waals surface area contributed by atoms with Gasteiger partial charge in [-0.25, -0.2) is 0 Å². The van der Waals surface area contributed by atoms with Crippen LogP contribution in [0, 0.1) is 21.4 Å². The van der Waals surface area contributed by atoms with Crippen LogP contribution in [-0.2, 0) is 6.54 Å². The molecule has 0 saturated heterocycles. The molecule has 0 bridgehead atoms. The molecule has 0 spiro atoms. The highest BCUT2D eigenvalue weighted by atomic mass is 79.9. The molecule has 2 aliphatic rings. The Hall–Kier alpha value is -0.940. The molecule has 5 heteroatoms. The number of benzene rings is 1. The van der Waals surface area contributed by atoms with Crippen molar-refractivity contribution < 1.29 is 4.92 Å². The summed E-state index contributed by atoms with van der Waals surface area (Å²) in [6.07, 6.45) is 5.49. The number of halogens is 1. The number of nitrogens with one attached hydrogen (secondary N) is 1. The zero-order chi connectivity index (χ0) is 13.5. The van der Waals surface area contributed by atoms with Gasteiger partial charge in [0.1, 0.15) is 0 Å². The van der Waals surface area contributed by atoms with Crippen molar-refractivity contribution >= 4 is 21.6 Å². The molecule has 19 heavy (non-hydrogen) atoms. The molecule has 2 saturated carbocycles. The normalized spacial score (nSPS) is 20.3. The lowest BCUT2D eigenvalue weighted by atomic mass is 10.0. The average Bonchev–Trinajstić information content (AvgIpc) is 3.22. The van der Waals surface area contributed by atoms with Crippen molar-refractivity contribution in [3.05, 3.63) is 38.3 Å². The molecule has 2 fully saturated rings. The molecule has 0 atom stereocenters. The summed E-state index contributed by atoms with van der Waals surface area (Å²) in [7, 11) is 0. The van der Waals surface area contributed by atoms with Gasteiger partial charge in [-0.3, -0.25) is 10.1 Å². The molecule has 102 valence electrons. The van der Waals surface area contributed by atoms with Crippen molar-refractivity contribution in [1.82, 2.24) is 5.32 Å². The van der Waals surface area contributed by atoms with E-state index in [1.807, 2.05) is 6.07 Å². The largest absolute Gasteiger partial charge is 0.312 e. The monoisotopic (exact) mass is 324 g/mol. The highest BCUT2D eigenvalue weighted by Crippen LogP contribution is 2.60. The van der Waals surface area contributed by atoms with Crippen LogP contribution in [0.5, 0.6) is 0 Å². The van der Waals surface area contributed by atoms with E-state index in [-0.39, 0.29) is 10.6 Å². The highest BCUT2D eigenvalue weighted by Gasteiger charge is 2.53. The number of hydrogen-bond acceptors (Lipinski definition) is 3. The molecule has 4 nitrogen and oxygen atoms in total. The second-order valence-electron chi connectivity index (χ2n) is 5.81. The van der Waals surface area contributed by atoms with Gasteiger partial charge in [0.05, 0.1) is 4.92 Å². The van der Waals surface area contributed by atoms with Crippen LogP contribution in [0.2, 0.25) is 0 Å². The van der Waals surface area contributed by atoms with Gasteiger partial charge in [0.2, 0.25) is 0 Å².